The van der Waals surface area contributed by atoms with Crippen LogP contribution in [0, 0.1) is 11.6 Å². The molecule has 37 heavy (non-hydrogen) atoms. The second-order valence-electron chi connectivity index (χ2n) is 8.65. The number of alkyl halides is 3. The van der Waals surface area contributed by atoms with Gasteiger partial charge in [-0.2, -0.15) is 0 Å². The molecule has 3 rings (SSSR count). The van der Waals surface area contributed by atoms with Gasteiger partial charge in [-0.25, -0.2) is 8.78 Å². The molecular weight excluding hydrogens is 495 g/mol. The minimum absolute atomic E-state index is 0.0371. The summed E-state index contributed by atoms with van der Waals surface area (Å²) in [6.07, 6.45) is -5.56. The first kappa shape index (κ1) is 28.1. The van der Waals surface area contributed by atoms with Crippen molar-refractivity contribution >= 4 is 5.91 Å². The lowest BCUT2D eigenvalue weighted by Gasteiger charge is -2.29. The standard InChI is InChI=1S/C27H27F5N2O3/c1-2-17-5-3-6-18(9-17)15-34(26(36)20-7-4-8-23(13-20)37-27(30,31)32)16-25(35)24(33)12-19-10-21(28)14-22(29)11-19/h3-11,13-14,24-25,35H,2,12,15-16,33H2,1H3/t24-,25+/m0/s1. The SMILES string of the molecule is CCc1cccc(CN(C[C@@H](O)[C@@H](N)Cc2cc(F)cc(F)c2)C(=O)c2cccc(OC(F)(F)F)c2)c1. The number of carbonyl (C=O) groups is 1. The maximum atomic E-state index is 13.5. The zero-order valence-corrected chi connectivity index (χ0v) is 20.0. The van der Waals surface area contributed by atoms with Crippen molar-refractivity contribution in [2.45, 2.75) is 44.8 Å². The molecule has 0 spiro atoms. The number of carbonyl (C=O) groups excluding carboxylic acids is 1. The van der Waals surface area contributed by atoms with E-state index in [9.17, 15) is 31.9 Å². The summed E-state index contributed by atoms with van der Waals surface area (Å²) in [6.45, 7) is 1.72. The largest absolute Gasteiger partial charge is 0.573 e. The molecule has 0 aliphatic rings. The number of rotatable bonds is 10. The molecule has 0 saturated heterocycles. The van der Waals surface area contributed by atoms with Crippen molar-refractivity contribution in [2.24, 2.45) is 5.73 Å². The highest BCUT2D eigenvalue weighted by Gasteiger charge is 2.31. The van der Waals surface area contributed by atoms with Gasteiger partial charge in [0, 0.05) is 30.8 Å². The summed E-state index contributed by atoms with van der Waals surface area (Å²) in [5.41, 5.74) is 7.99. The van der Waals surface area contributed by atoms with Gasteiger partial charge in [0.2, 0.25) is 0 Å². The molecule has 0 heterocycles. The van der Waals surface area contributed by atoms with E-state index in [2.05, 4.69) is 4.74 Å². The van der Waals surface area contributed by atoms with Crippen LogP contribution in [0.3, 0.4) is 0 Å². The topological polar surface area (TPSA) is 75.8 Å². The molecular formula is C27H27F5N2O3. The van der Waals surface area contributed by atoms with E-state index in [4.69, 9.17) is 5.73 Å². The van der Waals surface area contributed by atoms with E-state index < -0.39 is 41.8 Å². The zero-order valence-electron chi connectivity index (χ0n) is 20.0. The number of nitrogens with zero attached hydrogens (tertiary/aromatic N) is 1. The fraction of sp³-hybridized carbons (Fsp3) is 0.296. The molecule has 0 radical (unpaired) electrons. The van der Waals surface area contributed by atoms with E-state index in [1.807, 2.05) is 25.1 Å². The van der Waals surface area contributed by atoms with Gasteiger partial charge < -0.3 is 20.5 Å². The maximum Gasteiger partial charge on any atom is 0.573 e. The Labute approximate surface area is 211 Å². The summed E-state index contributed by atoms with van der Waals surface area (Å²) in [7, 11) is 0. The Morgan fingerprint density at radius 3 is 2.27 bits per heavy atom. The number of halogens is 5. The second kappa shape index (κ2) is 12.2. The first-order chi connectivity index (χ1) is 17.4. The first-order valence-corrected chi connectivity index (χ1v) is 11.5. The van der Waals surface area contributed by atoms with Gasteiger partial charge in [-0.05, 0) is 59.9 Å². The van der Waals surface area contributed by atoms with Crippen LogP contribution in [0.1, 0.15) is 34.0 Å². The van der Waals surface area contributed by atoms with Gasteiger partial charge in [0.15, 0.2) is 0 Å². The van der Waals surface area contributed by atoms with Gasteiger partial charge >= 0.3 is 6.36 Å². The summed E-state index contributed by atoms with van der Waals surface area (Å²) in [5.74, 6) is -2.79. The highest BCUT2D eigenvalue weighted by atomic mass is 19.4. The third-order valence-corrected chi connectivity index (χ3v) is 5.67. The molecule has 0 aromatic heterocycles. The van der Waals surface area contributed by atoms with Gasteiger partial charge in [0.1, 0.15) is 17.4 Å². The smallest absolute Gasteiger partial charge is 0.406 e. The fourth-order valence-electron chi connectivity index (χ4n) is 3.89. The number of amides is 1. The molecule has 0 bridgehead atoms. The highest BCUT2D eigenvalue weighted by Crippen LogP contribution is 2.24. The van der Waals surface area contributed by atoms with Crippen molar-refractivity contribution in [3.05, 3.63) is 101 Å². The lowest BCUT2D eigenvalue weighted by molar-refractivity contribution is -0.274. The predicted molar refractivity (Wildman–Crippen MR) is 128 cm³/mol. The minimum atomic E-state index is -4.93. The third kappa shape index (κ3) is 8.54. The maximum absolute atomic E-state index is 13.5. The number of benzene rings is 3. The number of aliphatic hydroxyl groups is 1. The van der Waals surface area contributed by atoms with Gasteiger partial charge in [-0.1, -0.05) is 37.3 Å². The van der Waals surface area contributed by atoms with Crippen molar-refractivity contribution in [3.8, 4) is 5.75 Å². The number of ether oxygens (including phenoxy) is 1. The third-order valence-electron chi connectivity index (χ3n) is 5.67. The number of nitrogens with two attached hydrogens (primary N) is 1. The molecule has 10 heteroatoms. The average molecular weight is 523 g/mol. The van der Waals surface area contributed by atoms with Crippen molar-refractivity contribution in [1.29, 1.82) is 0 Å². The van der Waals surface area contributed by atoms with E-state index >= 15 is 0 Å². The molecule has 2 atom stereocenters. The molecule has 3 aromatic rings. The Hall–Kier alpha value is -3.50. The molecule has 0 unspecified atom stereocenters. The van der Waals surface area contributed by atoms with E-state index in [-0.39, 0.29) is 30.6 Å². The Kier molecular flexibility index (Phi) is 9.23. The van der Waals surface area contributed by atoms with E-state index in [0.29, 0.717) is 6.07 Å². The molecule has 0 aliphatic carbocycles. The Morgan fingerprint density at radius 1 is 0.973 bits per heavy atom. The molecule has 1 amide bonds. The molecule has 198 valence electrons. The van der Waals surface area contributed by atoms with Crippen LogP contribution in [0.25, 0.3) is 0 Å². The van der Waals surface area contributed by atoms with Crippen molar-refractivity contribution in [2.75, 3.05) is 6.54 Å². The number of aryl methyl sites for hydroxylation is 1. The molecule has 3 aromatic carbocycles. The van der Waals surface area contributed by atoms with Gasteiger partial charge in [0.05, 0.1) is 6.10 Å². The second-order valence-corrected chi connectivity index (χ2v) is 8.65. The average Bonchev–Trinajstić information content (AvgIpc) is 2.81. The van der Waals surface area contributed by atoms with Crippen LogP contribution in [0.2, 0.25) is 0 Å². The highest BCUT2D eigenvalue weighted by molar-refractivity contribution is 5.94. The minimum Gasteiger partial charge on any atom is -0.406 e. The summed E-state index contributed by atoms with van der Waals surface area (Å²) < 4.78 is 69.0. The van der Waals surface area contributed by atoms with Crippen LogP contribution in [0.15, 0.2) is 66.7 Å². The molecule has 0 saturated carbocycles. The van der Waals surface area contributed by atoms with E-state index in [1.54, 1.807) is 6.07 Å². The lowest BCUT2D eigenvalue weighted by Crippen LogP contribution is -2.46. The fourth-order valence-corrected chi connectivity index (χ4v) is 3.89. The Balaban J connectivity index is 1.84. The summed E-state index contributed by atoms with van der Waals surface area (Å²) >= 11 is 0. The van der Waals surface area contributed by atoms with Crippen molar-refractivity contribution in [1.82, 2.24) is 4.90 Å². The zero-order chi connectivity index (χ0) is 27.2. The van der Waals surface area contributed by atoms with Gasteiger partial charge in [-0.3, -0.25) is 4.79 Å². The monoisotopic (exact) mass is 522 g/mol. The predicted octanol–water partition coefficient (Wildman–Crippen LogP) is 5.00. The molecule has 3 N–H and O–H groups in total. The van der Waals surface area contributed by atoms with Crippen molar-refractivity contribution in [3.63, 3.8) is 0 Å². The van der Waals surface area contributed by atoms with E-state index in [1.165, 1.54) is 17.0 Å². The van der Waals surface area contributed by atoms with Crippen LogP contribution in [-0.4, -0.2) is 41.0 Å². The Morgan fingerprint density at radius 2 is 1.62 bits per heavy atom. The first-order valence-electron chi connectivity index (χ1n) is 11.5. The Bertz CT molecular complexity index is 1200. The normalized spacial score (nSPS) is 13.2. The summed E-state index contributed by atoms with van der Waals surface area (Å²) in [6, 6.07) is 13.9. The van der Waals surface area contributed by atoms with Crippen molar-refractivity contribution < 1.29 is 36.6 Å². The van der Waals surface area contributed by atoms with E-state index in [0.717, 1.165) is 41.8 Å². The lowest BCUT2D eigenvalue weighted by atomic mass is 10.0. The number of hydrogen-bond donors (Lipinski definition) is 2. The molecule has 0 fully saturated rings. The van der Waals surface area contributed by atoms with Crippen LogP contribution in [-0.2, 0) is 19.4 Å². The number of aliphatic hydroxyl groups excluding tert-OH is 1. The van der Waals surface area contributed by atoms with Gasteiger partial charge in [-0.15, -0.1) is 13.2 Å². The van der Waals surface area contributed by atoms with Crippen LogP contribution >= 0.6 is 0 Å². The van der Waals surface area contributed by atoms with Crippen LogP contribution in [0.4, 0.5) is 22.0 Å². The van der Waals surface area contributed by atoms with Crippen LogP contribution < -0.4 is 10.5 Å². The summed E-state index contributed by atoms with van der Waals surface area (Å²) in [5, 5.41) is 10.8. The quantitative estimate of drug-likeness (QED) is 0.368. The molecule has 5 nitrogen and oxygen atoms in total. The molecule has 0 aliphatic heterocycles. The number of hydrogen-bond acceptors (Lipinski definition) is 4. The van der Waals surface area contributed by atoms with Crippen LogP contribution in [0.5, 0.6) is 5.75 Å². The summed E-state index contributed by atoms with van der Waals surface area (Å²) in [4.78, 5) is 14.6. The van der Waals surface area contributed by atoms with Gasteiger partial charge in [0.25, 0.3) is 5.91 Å².